The molecule has 2 aromatic heterocycles. The molecule has 40 heavy (non-hydrogen) atoms. The minimum Gasteiger partial charge on any atom is -0.335 e. The topological polar surface area (TPSA) is 75.5 Å². The number of sulfone groups is 1. The Morgan fingerprint density at radius 1 is 0.950 bits per heavy atom. The van der Waals surface area contributed by atoms with Gasteiger partial charge >= 0.3 is 0 Å². The third kappa shape index (κ3) is 6.33. The largest absolute Gasteiger partial charge is 0.335 e. The normalized spacial score (nSPS) is 14.5. The van der Waals surface area contributed by atoms with Crippen LogP contribution in [-0.2, 0) is 9.84 Å². The van der Waals surface area contributed by atoms with E-state index in [1.54, 1.807) is 28.9 Å². The lowest BCUT2D eigenvalue weighted by Gasteiger charge is -2.34. The third-order valence-electron chi connectivity index (χ3n) is 7.15. The van der Waals surface area contributed by atoms with E-state index < -0.39 is 9.84 Å². The zero-order chi connectivity index (χ0) is 28.3. The van der Waals surface area contributed by atoms with Crippen molar-refractivity contribution in [2.45, 2.75) is 31.1 Å². The van der Waals surface area contributed by atoms with Gasteiger partial charge in [0, 0.05) is 37.3 Å². The maximum atomic E-state index is 13.6. The molecule has 10 heteroatoms. The molecular weight excluding hydrogens is 564 g/mol. The van der Waals surface area contributed by atoms with Crippen LogP contribution in [0.1, 0.15) is 36.7 Å². The number of benzene rings is 2. The van der Waals surface area contributed by atoms with Gasteiger partial charge in [-0.1, -0.05) is 55.6 Å². The SMILES string of the molecule is CCCCCN1CCN(C(=O)c2cc(-c3ccc(-c4cccc(S(C)(=O)=O)c4)s3)n(-c3ccccc3Cl)n2)CC1. The highest BCUT2D eigenvalue weighted by Gasteiger charge is 2.26. The summed E-state index contributed by atoms with van der Waals surface area (Å²) in [5, 5.41) is 5.29. The molecule has 7 nitrogen and oxygen atoms in total. The predicted octanol–water partition coefficient (Wildman–Crippen LogP) is 6.27. The molecule has 0 bridgehead atoms. The number of hydrogen-bond donors (Lipinski definition) is 0. The number of unbranched alkanes of at least 4 members (excludes halogenated alkanes) is 2. The number of piperazine rings is 1. The second-order valence-corrected chi connectivity index (χ2v) is 13.6. The summed E-state index contributed by atoms with van der Waals surface area (Å²) in [5.41, 5.74) is 2.64. The molecule has 1 saturated heterocycles. The number of aromatic nitrogens is 2. The van der Waals surface area contributed by atoms with E-state index in [9.17, 15) is 13.2 Å². The molecule has 0 saturated carbocycles. The van der Waals surface area contributed by atoms with Crippen LogP contribution in [0.5, 0.6) is 0 Å². The number of carbonyl (C=O) groups is 1. The fraction of sp³-hybridized carbons (Fsp3) is 0.333. The smallest absolute Gasteiger partial charge is 0.274 e. The number of halogens is 1. The van der Waals surface area contributed by atoms with Gasteiger partial charge in [0.05, 0.1) is 26.2 Å². The molecule has 0 unspecified atom stereocenters. The van der Waals surface area contributed by atoms with Crippen LogP contribution in [0.3, 0.4) is 0 Å². The molecule has 1 amide bonds. The molecule has 1 aliphatic heterocycles. The first-order valence-corrected chi connectivity index (χ1v) is 16.6. The number of para-hydroxylation sites is 1. The molecule has 2 aromatic carbocycles. The highest BCUT2D eigenvalue weighted by molar-refractivity contribution is 7.90. The number of amides is 1. The fourth-order valence-corrected chi connectivity index (χ4v) is 6.79. The van der Waals surface area contributed by atoms with Gasteiger partial charge in [-0.3, -0.25) is 9.69 Å². The molecule has 0 N–H and O–H groups in total. The Morgan fingerprint density at radius 3 is 2.42 bits per heavy atom. The van der Waals surface area contributed by atoms with Gasteiger partial charge in [-0.15, -0.1) is 11.3 Å². The van der Waals surface area contributed by atoms with Gasteiger partial charge < -0.3 is 4.90 Å². The second-order valence-electron chi connectivity index (χ2n) is 10.1. The maximum absolute atomic E-state index is 13.6. The summed E-state index contributed by atoms with van der Waals surface area (Å²) < 4.78 is 25.9. The quantitative estimate of drug-likeness (QED) is 0.213. The number of carbonyl (C=O) groups excluding carboxylic acids is 1. The molecule has 4 aromatic rings. The van der Waals surface area contributed by atoms with E-state index in [0.29, 0.717) is 29.5 Å². The molecule has 0 spiro atoms. The van der Waals surface area contributed by atoms with Gasteiger partial charge in [-0.2, -0.15) is 5.10 Å². The van der Waals surface area contributed by atoms with Crippen LogP contribution in [0.25, 0.3) is 26.7 Å². The van der Waals surface area contributed by atoms with Crippen LogP contribution >= 0.6 is 22.9 Å². The van der Waals surface area contributed by atoms with Gasteiger partial charge in [-0.25, -0.2) is 13.1 Å². The summed E-state index contributed by atoms with van der Waals surface area (Å²) in [6, 6.07) is 20.1. The number of hydrogen-bond acceptors (Lipinski definition) is 6. The van der Waals surface area contributed by atoms with Gasteiger partial charge in [0.15, 0.2) is 15.5 Å². The molecule has 1 aliphatic rings. The van der Waals surface area contributed by atoms with Gasteiger partial charge in [0.1, 0.15) is 0 Å². The van der Waals surface area contributed by atoms with Crippen molar-refractivity contribution >= 4 is 38.7 Å². The molecule has 0 aliphatic carbocycles. The van der Waals surface area contributed by atoms with Crippen molar-refractivity contribution in [3.8, 4) is 26.7 Å². The highest BCUT2D eigenvalue weighted by Crippen LogP contribution is 2.37. The van der Waals surface area contributed by atoms with Crippen molar-refractivity contribution in [2.24, 2.45) is 0 Å². The maximum Gasteiger partial charge on any atom is 0.274 e. The minimum atomic E-state index is -3.32. The van der Waals surface area contributed by atoms with E-state index in [0.717, 1.165) is 40.6 Å². The summed E-state index contributed by atoms with van der Waals surface area (Å²) in [6.45, 7) is 6.38. The Balaban J connectivity index is 1.45. The lowest BCUT2D eigenvalue weighted by Crippen LogP contribution is -2.48. The average molecular weight is 597 g/mol. The fourth-order valence-electron chi connectivity index (χ4n) is 4.90. The summed E-state index contributed by atoms with van der Waals surface area (Å²) in [5.74, 6) is -0.0853. The van der Waals surface area contributed by atoms with Crippen molar-refractivity contribution in [3.05, 3.63) is 77.4 Å². The van der Waals surface area contributed by atoms with Crippen LogP contribution in [0.2, 0.25) is 5.02 Å². The van der Waals surface area contributed by atoms with Crippen LogP contribution in [0, 0.1) is 0 Å². The second kappa shape index (κ2) is 12.3. The molecule has 0 atom stereocenters. The molecule has 3 heterocycles. The van der Waals surface area contributed by atoms with Crippen LogP contribution in [0.4, 0.5) is 0 Å². The summed E-state index contributed by atoms with van der Waals surface area (Å²) in [4.78, 5) is 20.0. The van der Waals surface area contributed by atoms with E-state index in [1.165, 1.54) is 36.9 Å². The first-order chi connectivity index (χ1) is 19.2. The lowest BCUT2D eigenvalue weighted by molar-refractivity contribution is 0.0629. The average Bonchev–Trinajstić information content (AvgIpc) is 3.61. The molecule has 1 fully saturated rings. The van der Waals surface area contributed by atoms with Gasteiger partial charge in [-0.05, 0) is 61.0 Å². The zero-order valence-electron chi connectivity index (χ0n) is 22.7. The lowest BCUT2D eigenvalue weighted by atomic mass is 10.2. The number of nitrogens with zero attached hydrogens (tertiary/aromatic N) is 4. The first-order valence-electron chi connectivity index (χ1n) is 13.5. The predicted molar refractivity (Wildman–Crippen MR) is 162 cm³/mol. The summed E-state index contributed by atoms with van der Waals surface area (Å²) >= 11 is 8.08. The highest BCUT2D eigenvalue weighted by atomic mass is 35.5. The molecule has 5 rings (SSSR count). The van der Waals surface area contributed by atoms with Crippen molar-refractivity contribution in [2.75, 3.05) is 39.0 Å². The Kier molecular flexibility index (Phi) is 8.75. The van der Waals surface area contributed by atoms with Crippen LogP contribution < -0.4 is 0 Å². The standard InChI is InChI=1S/C30H33ClN4O3S2/c1-3-4-7-15-33-16-18-34(19-17-33)30(36)25-21-27(35(32-25)26-12-6-5-11-24(26)31)29-14-13-28(39-29)22-9-8-10-23(20-22)40(2,37)38/h5-6,8-14,20-21H,3-4,7,15-19H2,1-2H3. The van der Waals surface area contributed by atoms with Crippen molar-refractivity contribution < 1.29 is 13.2 Å². The third-order valence-corrected chi connectivity index (χ3v) is 9.74. The Labute approximate surface area is 244 Å². The number of rotatable bonds is 9. The van der Waals surface area contributed by atoms with Gasteiger partial charge in [0.25, 0.3) is 5.91 Å². The van der Waals surface area contributed by atoms with E-state index in [2.05, 4.69) is 11.8 Å². The van der Waals surface area contributed by atoms with Crippen molar-refractivity contribution in [1.29, 1.82) is 0 Å². The van der Waals surface area contributed by atoms with E-state index >= 15 is 0 Å². The Hall–Kier alpha value is -2.98. The number of thiophene rings is 1. The first kappa shape index (κ1) is 28.5. The molecule has 0 radical (unpaired) electrons. The molecule has 210 valence electrons. The van der Waals surface area contributed by atoms with E-state index in [1.807, 2.05) is 47.4 Å². The van der Waals surface area contributed by atoms with Crippen molar-refractivity contribution in [3.63, 3.8) is 0 Å². The Bertz CT molecular complexity index is 1600. The monoisotopic (exact) mass is 596 g/mol. The molecular formula is C30H33ClN4O3S2. The van der Waals surface area contributed by atoms with E-state index in [4.69, 9.17) is 16.7 Å². The summed E-state index contributed by atoms with van der Waals surface area (Å²) in [7, 11) is -3.32. The van der Waals surface area contributed by atoms with E-state index in [-0.39, 0.29) is 10.8 Å². The zero-order valence-corrected chi connectivity index (χ0v) is 25.1. The van der Waals surface area contributed by atoms with Gasteiger partial charge in [0.2, 0.25) is 0 Å². The summed E-state index contributed by atoms with van der Waals surface area (Å²) in [6.07, 6.45) is 4.83. The Morgan fingerprint density at radius 2 is 1.70 bits per heavy atom. The van der Waals surface area contributed by atoms with Crippen LogP contribution in [0.15, 0.2) is 71.6 Å². The van der Waals surface area contributed by atoms with Crippen LogP contribution in [-0.4, -0.2) is 72.9 Å². The minimum absolute atomic E-state index is 0.0853. The van der Waals surface area contributed by atoms with Crippen molar-refractivity contribution in [1.82, 2.24) is 19.6 Å².